The van der Waals surface area contributed by atoms with Crippen molar-refractivity contribution in [1.29, 1.82) is 0 Å². The van der Waals surface area contributed by atoms with Gasteiger partial charge in [0, 0.05) is 23.6 Å². The highest BCUT2D eigenvalue weighted by molar-refractivity contribution is 6.42. The molecule has 3 heterocycles. The van der Waals surface area contributed by atoms with Crippen LogP contribution in [0.5, 0.6) is 5.75 Å². The number of amides is 2. The summed E-state index contributed by atoms with van der Waals surface area (Å²) in [5.41, 5.74) is 2.08. The number of ether oxygens (including phenoxy) is 1. The Bertz CT molecular complexity index is 1500. The van der Waals surface area contributed by atoms with Crippen LogP contribution in [-0.4, -0.2) is 61.7 Å². The van der Waals surface area contributed by atoms with Gasteiger partial charge in [0.25, 0.3) is 11.8 Å². The molecule has 9 nitrogen and oxygen atoms in total. The minimum absolute atomic E-state index is 0.0349. The van der Waals surface area contributed by atoms with Crippen LogP contribution in [0.25, 0.3) is 0 Å². The number of nitrogens with zero attached hydrogens (tertiary/aromatic N) is 4. The summed E-state index contributed by atoms with van der Waals surface area (Å²) < 4.78 is 30.7. The zero-order valence-corrected chi connectivity index (χ0v) is 22.9. The first kappa shape index (κ1) is 27.9. The SMILES string of the molecule is CC(c1ccc(OC(F)F)cc1)N1C[C@@H](C(=O)O)n2nc3c(c2C1=O)CN(C(=O)c1ccc(Cl)c(Cl)c1)[C@H](C)C3. The monoisotopic (exact) mass is 592 g/mol. The summed E-state index contributed by atoms with van der Waals surface area (Å²) in [5, 5.41) is 15.1. The molecule has 40 heavy (non-hydrogen) atoms. The fourth-order valence-corrected chi connectivity index (χ4v) is 5.49. The zero-order chi connectivity index (χ0) is 28.9. The molecule has 0 radical (unpaired) electrons. The van der Waals surface area contributed by atoms with Gasteiger partial charge in [-0.3, -0.25) is 9.59 Å². The number of alkyl halides is 2. The van der Waals surface area contributed by atoms with E-state index in [-0.39, 0.29) is 41.5 Å². The molecule has 0 aliphatic carbocycles. The van der Waals surface area contributed by atoms with Crippen LogP contribution < -0.4 is 4.74 Å². The van der Waals surface area contributed by atoms with Crippen LogP contribution in [0.15, 0.2) is 42.5 Å². The molecule has 0 fully saturated rings. The van der Waals surface area contributed by atoms with Gasteiger partial charge >= 0.3 is 12.6 Å². The molecule has 210 valence electrons. The van der Waals surface area contributed by atoms with Crippen molar-refractivity contribution in [1.82, 2.24) is 19.6 Å². The average Bonchev–Trinajstić information content (AvgIpc) is 3.27. The van der Waals surface area contributed by atoms with E-state index in [1.54, 1.807) is 30.0 Å². The van der Waals surface area contributed by atoms with Crippen molar-refractivity contribution >= 4 is 41.0 Å². The summed E-state index contributed by atoms with van der Waals surface area (Å²) in [6.45, 7) is 0.495. The molecule has 0 saturated carbocycles. The number of hydrogen-bond acceptors (Lipinski definition) is 5. The third-order valence-electron chi connectivity index (χ3n) is 7.34. The Morgan fingerprint density at radius 2 is 1.82 bits per heavy atom. The Morgan fingerprint density at radius 3 is 2.45 bits per heavy atom. The highest BCUT2D eigenvalue weighted by Crippen LogP contribution is 2.36. The van der Waals surface area contributed by atoms with E-state index in [0.29, 0.717) is 33.8 Å². The second-order valence-electron chi connectivity index (χ2n) is 9.77. The van der Waals surface area contributed by atoms with E-state index in [2.05, 4.69) is 9.84 Å². The van der Waals surface area contributed by atoms with Crippen molar-refractivity contribution in [2.75, 3.05) is 6.54 Å². The number of aromatic nitrogens is 2. The maximum atomic E-state index is 13.9. The van der Waals surface area contributed by atoms with Crippen LogP contribution >= 0.6 is 23.2 Å². The Hall–Kier alpha value is -3.70. The van der Waals surface area contributed by atoms with E-state index >= 15 is 0 Å². The van der Waals surface area contributed by atoms with Gasteiger partial charge in [0.15, 0.2) is 6.04 Å². The van der Waals surface area contributed by atoms with Crippen LogP contribution in [0, 0.1) is 0 Å². The van der Waals surface area contributed by atoms with Gasteiger partial charge in [-0.1, -0.05) is 35.3 Å². The van der Waals surface area contributed by atoms with Gasteiger partial charge in [-0.2, -0.15) is 13.9 Å². The first-order valence-electron chi connectivity index (χ1n) is 12.4. The van der Waals surface area contributed by atoms with Crippen molar-refractivity contribution < 1.29 is 33.0 Å². The summed E-state index contributed by atoms with van der Waals surface area (Å²) in [6, 6.07) is 8.37. The normalized spacial score (nSPS) is 19.3. The van der Waals surface area contributed by atoms with Crippen LogP contribution in [0.1, 0.15) is 63.6 Å². The molecule has 2 aromatic carbocycles. The van der Waals surface area contributed by atoms with Crippen molar-refractivity contribution in [3.63, 3.8) is 0 Å². The second-order valence-corrected chi connectivity index (χ2v) is 10.6. The molecule has 1 unspecified atom stereocenters. The van der Waals surface area contributed by atoms with Crippen LogP contribution in [0.2, 0.25) is 10.0 Å². The van der Waals surface area contributed by atoms with E-state index in [1.165, 1.54) is 33.8 Å². The molecule has 2 aliphatic heterocycles. The van der Waals surface area contributed by atoms with E-state index < -0.39 is 30.6 Å². The van der Waals surface area contributed by atoms with Crippen LogP contribution in [0.3, 0.4) is 0 Å². The molecular formula is C27H24Cl2F2N4O5. The third kappa shape index (κ3) is 4.99. The van der Waals surface area contributed by atoms with Gasteiger partial charge in [-0.25, -0.2) is 9.48 Å². The maximum absolute atomic E-state index is 13.9. The highest BCUT2D eigenvalue weighted by atomic mass is 35.5. The molecule has 2 aliphatic rings. The fourth-order valence-electron chi connectivity index (χ4n) is 5.19. The Kier molecular flexibility index (Phi) is 7.45. The van der Waals surface area contributed by atoms with Gasteiger partial charge in [0.2, 0.25) is 0 Å². The number of halogens is 4. The second kappa shape index (κ2) is 10.7. The standard InChI is InChI=1S/C27H24Cl2F2N4O5/c1-13-9-21-18(11-33(13)24(36)16-5-8-19(28)20(29)10-16)23-25(37)34(12-22(26(38)39)35(23)32-21)14(2)15-3-6-17(7-4-15)40-27(30)31/h3-8,10,13-14,22,27H,9,11-12H2,1-2H3,(H,38,39)/t13-,14?,22+/m1/s1. The number of carbonyl (C=O) groups excluding carboxylic acids is 2. The topological polar surface area (TPSA) is 105 Å². The average molecular weight is 593 g/mol. The molecule has 2 amide bonds. The Labute approximate surface area is 237 Å². The van der Waals surface area contributed by atoms with E-state index in [9.17, 15) is 28.3 Å². The number of rotatable bonds is 6. The molecule has 5 rings (SSSR count). The van der Waals surface area contributed by atoms with Crippen molar-refractivity contribution in [2.24, 2.45) is 0 Å². The lowest BCUT2D eigenvalue weighted by molar-refractivity contribution is -0.142. The van der Waals surface area contributed by atoms with Crippen molar-refractivity contribution in [3.8, 4) is 5.75 Å². The lowest BCUT2D eigenvalue weighted by Gasteiger charge is -2.37. The summed E-state index contributed by atoms with van der Waals surface area (Å²) in [5.74, 6) is -1.95. The summed E-state index contributed by atoms with van der Waals surface area (Å²) in [6.07, 6.45) is 0.323. The summed E-state index contributed by atoms with van der Waals surface area (Å²) in [7, 11) is 0. The van der Waals surface area contributed by atoms with Crippen LogP contribution in [-0.2, 0) is 17.8 Å². The molecule has 1 aromatic heterocycles. The minimum Gasteiger partial charge on any atom is -0.480 e. The lowest BCUT2D eigenvalue weighted by Crippen LogP contribution is -2.47. The molecule has 0 spiro atoms. The molecule has 3 aromatic rings. The van der Waals surface area contributed by atoms with Gasteiger partial charge in [-0.05, 0) is 49.7 Å². The number of carboxylic acids is 1. The molecule has 3 atom stereocenters. The lowest BCUT2D eigenvalue weighted by atomic mass is 9.96. The van der Waals surface area contributed by atoms with Crippen LogP contribution in [0.4, 0.5) is 8.78 Å². The number of fused-ring (bicyclic) bond motifs is 3. The predicted molar refractivity (Wildman–Crippen MR) is 141 cm³/mol. The van der Waals surface area contributed by atoms with Crippen molar-refractivity contribution in [2.45, 2.75) is 51.6 Å². The molecular weight excluding hydrogens is 569 g/mol. The van der Waals surface area contributed by atoms with Gasteiger partial charge in [0.05, 0.1) is 34.9 Å². The number of benzene rings is 2. The quantitative estimate of drug-likeness (QED) is 0.420. The highest BCUT2D eigenvalue weighted by Gasteiger charge is 2.43. The van der Waals surface area contributed by atoms with E-state index in [1.807, 2.05) is 6.92 Å². The number of carboxylic acid groups (broad SMARTS) is 1. The number of carbonyl (C=O) groups is 3. The Morgan fingerprint density at radius 1 is 1.12 bits per heavy atom. The largest absolute Gasteiger partial charge is 0.480 e. The summed E-state index contributed by atoms with van der Waals surface area (Å²) in [4.78, 5) is 42.6. The molecule has 1 N–H and O–H groups in total. The van der Waals surface area contributed by atoms with E-state index in [0.717, 1.165) is 0 Å². The maximum Gasteiger partial charge on any atom is 0.387 e. The zero-order valence-electron chi connectivity index (χ0n) is 21.4. The third-order valence-corrected chi connectivity index (χ3v) is 8.08. The first-order valence-corrected chi connectivity index (χ1v) is 13.2. The minimum atomic E-state index is -2.97. The Balaban J connectivity index is 1.48. The van der Waals surface area contributed by atoms with Crippen molar-refractivity contribution in [3.05, 3.63) is 80.6 Å². The number of aliphatic carboxylic acids is 1. The summed E-state index contributed by atoms with van der Waals surface area (Å²) >= 11 is 12.1. The van der Waals surface area contributed by atoms with E-state index in [4.69, 9.17) is 23.2 Å². The predicted octanol–water partition coefficient (Wildman–Crippen LogP) is 5.22. The number of hydrogen-bond donors (Lipinski definition) is 1. The first-order chi connectivity index (χ1) is 19.0. The van der Waals surface area contributed by atoms with Gasteiger partial charge < -0.3 is 19.6 Å². The van der Waals surface area contributed by atoms with Gasteiger partial charge in [-0.15, -0.1) is 0 Å². The molecule has 0 saturated heterocycles. The molecule has 13 heteroatoms. The smallest absolute Gasteiger partial charge is 0.387 e. The molecule has 0 bridgehead atoms. The fraction of sp³-hybridized carbons (Fsp3) is 0.333. The van der Waals surface area contributed by atoms with Gasteiger partial charge in [0.1, 0.15) is 11.4 Å².